The second-order valence-corrected chi connectivity index (χ2v) is 7.89. The third kappa shape index (κ3) is 3.06. The van der Waals surface area contributed by atoms with Crippen LogP contribution in [0.25, 0.3) is 0 Å². The molecule has 1 heterocycles. The van der Waals surface area contributed by atoms with Crippen LogP contribution < -0.4 is 0 Å². The van der Waals surface area contributed by atoms with E-state index >= 15 is 0 Å². The Morgan fingerprint density at radius 2 is 1.56 bits per heavy atom. The van der Waals surface area contributed by atoms with E-state index in [4.69, 9.17) is 0 Å². The van der Waals surface area contributed by atoms with Gasteiger partial charge in [0.1, 0.15) is 0 Å². The van der Waals surface area contributed by atoms with E-state index in [-0.39, 0.29) is 6.04 Å². The van der Waals surface area contributed by atoms with Crippen LogP contribution >= 0.6 is 0 Å². The van der Waals surface area contributed by atoms with Gasteiger partial charge in [-0.25, -0.2) is 0 Å². The molecule has 2 fully saturated rings. The van der Waals surface area contributed by atoms with Gasteiger partial charge in [-0.3, -0.25) is 0 Å². The van der Waals surface area contributed by atoms with Gasteiger partial charge in [0, 0.05) is 26.2 Å². The summed E-state index contributed by atoms with van der Waals surface area (Å²) in [6, 6.07) is 0.216. The maximum Gasteiger partial charge on any atom is 0.281 e. The van der Waals surface area contributed by atoms with Gasteiger partial charge in [0.05, 0.1) is 0 Å². The van der Waals surface area contributed by atoms with Gasteiger partial charge in [-0.05, 0) is 44.4 Å². The zero-order valence-electron chi connectivity index (χ0n) is 11.6. The van der Waals surface area contributed by atoms with Gasteiger partial charge in [-0.2, -0.15) is 17.0 Å². The molecule has 1 saturated carbocycles. The molecule has 0 aromatic rings. The fraction of sp³-hybridized carbons (Fsp3) is 1.00. The van der Waals surface area contributed by atoms with Gasteiger partial charge in [0.15, 0.2) is 0 Å². The summed E-state index contributed by atoms with van der Waals surface area (Å²) in [4.78, 5) is 0. The molecule has 0 bridgehead atoms. The lowest BCUT2D eigenvalue weighted by molar-refractivity contribution is 0.226. The summed E-state index contributed by atoms with van der Waals surface area (Å²) in [6.07, 6.45) is 7.53. The quantitative estimate of drug-likeness (QED) is 0.792. The summed E-state index contributed by atoms with van der Waals surface area (Å²) >= 11 is 0. The Morgan fingerprint density at radius 3 is 2.11 bits per heavy atom. The molecule has 0 amide bonds. The van der Waals surface area contributed by atoms with Crippen molar-refractivity contribution in [3.8, 4) is 0 Å². The van der Waals surface area contributed by atoms with E-state index in [9.17, 15) is 8.42 Å². The maximum absolute atomic E-state index is 12.5. The topological polar surface area (TPSA) is 40.6 Å². The molecule has 0 aromatic carbocycles. The lowest BCUT2D eigenvalue weighted by Gasteiger charge is -2.37. The van der Waals surface area contributed by atoms with Crippen molar-refractivity contribution in [3.05, 3.63) is 0 Å². The molecule has 0 spiro atoms. The SMILES string of the molecule is CC1CCC(N(C)S(=O)(=O)N2CCCCC2)CC1. The average molecular weight is 274 g/mol. The Kier molecular flexibility index (Phi) is 4.67. The Morgan fingerprint density at radius 1 is 1.00 bits per heavy atom. The molecule has 2 aliphatic rings. The third-order valence-electron chi connectivity index (χ3n) is 4.50. The van der Waals surface area contributed by atoms with Crippen LogP contribution in [0.15, 0.2) is 0 Å². The van der Waals surface area contributed by atoms with Gasteiger partial charge >= 0.3 is 0 Å². The number of hydrogen-bond donors (Lipinski definition) is 0. The van der Waals surface area contributed by atoms with Crippen molar-refractivity contribution in [2.75, 3.05) is 20.1 Å². The Labute approximate surface area is 112 Å². The minimum Gasteiger partial charge on any atom is -0.195 e. The molecule has 4 nitrogen and oxygen atoms in total. The molecular weight excluding hydrogens is 248 g/mol. The number of nitrogens with zero attached hydrogens (tertiary/aromatic N) is 2. The lowest BCUT2D eigenvalue weighted by Crippen LogP contribution is -2.48. The van der Waals surface area contributed by atoms with Crippen molar-refractivity contribution < 1.29 is 8.42 Å². The van der Waals surface area contributed by atoms with Crippen molar-refractivity contribution in [3.63, 3.8) is 0 Å². The number of hydrogen-bond acceptors (Lipinski definition) is 2. The Bertz CT molecular complexity index is 355. The van der Waals surface area contributed by atoms with Crippen molar-refractivity contribution in [2.45, 2.75) is 57.9 Å². The van der Waals surface area contributed by atoms with Crippen molar-refractivity contribution in [2.24, 2.45) is 5.92 Å². The fourth-order valence-electron chi connectivity index (χ4n) is 3.07. The first-order valence-corrected chi connectivity index (χ1v) is 8.64. The smallest absolute Gasteiger partial charge is 0.195 e. The zero-order chi connectivity index (χ0) is 13.2. The van der Waals surface area contributed by atoms with Crippen LogP contribution in [0.3, 0.4) is 0 Å². The predicted molar refractivity (Wildman–Crippen MR) is 73.5 cm³/mol. The summed E-state index contributed by atoms with van der Waals surface area (Å²) in [5, 5.41) is 0. The van der Waals surface area contributed by atoms with Gasteiger partial charge in [-0.15, -0.1) is 0 Å². The first kappa shape index (κ1) is 14.3. The fourth-order valence-corrected chi connectivity index (χ4v) is 4.74. The van der Waals surface area contributed by atoms with E-state index in [1.807, 2.05) is 0 Å². The molecule has 0 radical (unpaired) electrons. The molecule has 0 unspecified atom stereocenters. The van der Waals surface area contributed by atoms with Crippen LogP contribution in [-0.4, -0.2) is 43.2 Å². The molecule has 0 aromatic heterocycles. The zero-order valence-corrected chi connectivity index (χ0v) is 12.5. The summed E-state index contributed by atoms with van der Waals surface area (Å²) in [5.41, 5.74) is 0. The van der Waals surface area contributed by atoms with Crippen LogP contribution in [0, 0.1) is 5.92 Å². The first-order valence-electron chi connectivity index (χ1n) is 7.25. The van der Waals surface area contributed by atoms with E-state index in [0.29, 0.717) is 13.1 Å². The molecule has 18 heavy (non-hydrogen) atoms. The highest BCUT2D eigenvalue weighted by atomic mass is 32.2. The Hall–Kier alpha value is -0.130. The minimum atomic E-state index is -3.21. The summed E-state index contributed by atoms with van der Waals surface area (Å²) < 4.78 is 28.4. The van der Waals surface area contributed by atoms with Crippen molar-refractivity contribution in [1.29, 1.82) is 0 Å². The second-order valence-electron chi connectivity index (χ2n) is 5.90. The van der Waals surface area contributed by atoms with Crippen LogP contribution in [0.1, 0.15) is 51.9 Å². The molecule has 1 saturated heterocycles. The maximum atomic E-state index is 12.5. The van der Waals surface area contributed by atoms with E-state index in [2.05, 4.69) is 6.92 Å². The molecule has 0 atom stereocenters. The highest BCUT2D eigenvalue weighted by Gasteiger charge is 2.34. The summed E-state index contributed by atoms with van der Waals surface area (Å²) in [6.45, 7) is 3.67. The van der Waals surface area contributed by atoms with Crippen molar-refractivity contribution in [1.82, 2.24) is 8.61 Å². The largest absolute Gasteiger partial charge is 0.281 e. The van der Waals surface area contributed by atoms with Gasteiger partial charge in [-0.1, -0.05) is 13.3 Å². The summed E-state index contributed by atoms with van der Waals surface area (Å²) in [7, 11) is -1.44. The van der Waals surface area contributed by atoms with Gasteiger partial charge in [0.25, 0.3) is 10.2 Å². The normalized spacial score (nSPS) is 31.7. The molecule has 1 aliphatic carbocycles. The van der Waals surface area contributed by atoms with Crippen LogP contribution in [-0.2, 0) is 10.2 Å². The summed E-state index contributed by atoms with van der Waals surface area (Å²) in [5.74, 6) is 0.757. The van der Waals surface area contributed by atoms with Crippen LogP contribution in [0.2, 0.25) is 0 Å². The van der Waals surface area contributed by atoms with E-state index in [1.165, 1.54) is 0 Å². The van der Waals surface area contributed by atoms with Gasteiger partial charge in [0.2, 0.25) is 0 Å². The molecule has 106 valence electrons. The first-order chi connectivity index (χ1) is 8.51. The molecule has 2 rings (SSSR count). The standard InChI is InChI=1S/C13H26N2O2S/c1-12-6-8-13(9-7-12)14(2)18(16,17)15-10-4-3-5-11-15/h12-13H,3-11H2,1-2H3. The number of piperidine rings is 1. The van der Waals surface area contributed by atoms with E-state index in [0.717, 1.165) is 50.9 Å². The predicted octanol–water partition coefficient (Wildman–Crippen LogP) is 2.23. The van der Waals surface area contributed by atoms with E-state index < -0.39 is 10.2 Å². The van der Waals surface area contributed by atoms with Crippen LogP contribution in [0.5, 0.6) is 0 Å². The number of rotatable bonds is 3. The van der Waals surface area contributed by atoms with Crippen molar-refractivity contribution >= 4 is 10.2 Å². The molecular formula is C13H26N2O2S. The third-order valence-corrected chi connectivity index (χ3v) is 6.55. The second kappa shape index (κ2) is 5.88. The van der Waals surface area contributed by atoms with E-state index in [1.54, 1.807) is 15.7 Å². The average Bonchev–Trinajstić information content (AvgIpc) is 2.40. The monoisotopic (exact) mass is 274 g/mol. The van der Waals surface area contributed by atoms with Crippen LogP contribution in [0.4, 0.5) is 0 Å². The Balaban J connectivity index is 2.00. The highest BCUT2D eigenvalue weighted by Crippen LogP contribution is 2.29. The molecule has 0 N–H and O–H groups in total. The molecule has 5 heteroatoms. The highest BCUT2D eigenvalue weighted by molar-refractivity contribution is 7.86. The lowest BCUT2D eigenvalue weighted by atomic mass is 9.87. The van der Waals surface area contributed by atoms with Gasteiger partial charge < -0.3 is 0 Å². The minimum absolute atomic E-state index is 0.216. The molecule has 1 aliphatic heterocycles.